The topological polar surface area (TPSA) is 75.6 Å². The van der Waals surface area contributed by atoms with E-state index in [4.69, 9.17) is 4.74 Å². The number of carbonyl (C=O) groups excluding carboxylic acids is 2. The van der Waals surface area contributed by atoms with Gasteiger partial charge in [0.05, 0.1) is 33.4 Å². The van der Waals surface area contributed by atoms with E-state index in [1.165, 1.54) is 4.90 Å². The van der Waals surface area contributed by atoms with Gasteiger partial charge in [-0.2, -0.15) is 26.3 Å². The van der Waals surface area contributed by atoms with E-state index < -0.39 is 52.5 Å². The van der Waals surface area contributed by atoms with Crippen LogP contribution in [0.5, 0.6) is 5.75 Å². The van der Waals surface area contributed by atoms with Crippen LogP contribution < -0.4 is 4.74 Å². The van der Waals surface area contributed by atoms with Gasteiger partial charge in [0, 0.05) is 49.2 Å². The summed E-state index contributed by atoms with van der Waals surface area (Å²) < 4.78 is 88.3. The molecule has 0 saturated carbocycles. The second kappa shape index (κ2) is 12.8. The molecular formula is C32H34F6N4O3S. The zero-order chi connectivity index (χ0) is 33.4. The third-order valence-corrected chi connectivity index (χ3v) is 9.91. The first-order valence-corrected chi connectivity index (χ1v) is 15.9. The fraction of sp³-hybridized carbons (Fsp3) is 0.500. The number of benzene rings is 1. The summed E-state index contributed by atoms with van der Waals surface area (Å²) in [6.45, 7) is 6.40. The van der Waals surface area contributed by atoms with Gasteiger partial charge in [-0.25, -0.2) is 4.98 Å². The van der Waals surface area contributed by atoms with Crippen molar-refractivity contribution >= 4 is 23.2 Å². The Labute approximate surface area is 266 Å². The maximum atomic E-state index is 14.7. The van der Waals surface area contributed by atoms with Crippen LogP contribution in [0.25, 0.3) is 0 Å². The monoisotopic (exact) mass is 668 g/mol. The average molecular weight is 669 g/mol. The maximum absolute atomic E-state index is 14.7. The lowest BCUT2D eigenvalue weighted by molar-refractivity contribution is -0.158. The lowest BCUT2D eigenvalue weighted by atomic mass is 9.79. The van der Waals surface area contributed by atoms with Crippen molar-refractivity contribution in [1.29, 1.82) is 0 Å². The van der Waals surface area contributed by atoms with Gasteiger partial charge in [0.2, 0.25) is 5.60 Å². The molecule has 1 unspecified atom stereocenters. The molecule has 248 valence electrons. The Balaban J connectivity index is 1.56. The number of hydrogen-bond donors (Lipinski definition) is 0. The number of carbonyl (C=O) groups is 2. The Morgan fingerprint density at radius 2 is 1.76 bits per heavy atom. The van der Waals surface area contributed by atoms with E-state index in [9.17, 15) is 35.9 Å². The number of nitrogens with zero attached hydrogens (tertiary/aromatic N) is 4. The number of ether oxygens (including phenoxy) is 1. The largest absolute Gasteiger partial charge is 0.475 e. The molecule has 46 heavy (non-hydrogen) atoms. The van der Waals surface area contributed by atoms with Gasteiger partial charge in [-0.1, -0.05) is 13.3 Å². The molecular weight excluding hydrogens is 634 g/mol. The molecule has 2 aliphatic rings. The lowest BCUT2D eigenvalue weighted by Crippen LogP contribution is -2.67. The van der Waals surface area contributed by atoms with Gasteiger partial charge in [-0.05, 0) is 63.4 Å². The van der Waals surface area contributed by atoms with Crippen LogP contribution in [0, 0.1) is 13.8 Å². The van der Waals surface area contributed by atoms with Gasteiger partial charge >= 0.3 is 12.4 Å². The normalized spacial score (nSPS) is 22.3. The van der Waals surface area contributed by atoms with E-state index in [1.807, 2.05) is 20.8 Å². The molecule has 1 aromatic carbocycles. The van der Waals surface area contributed by atoms with Crippen LogP contribution in [0.1, 0.15) is 82.0 Å². The van der Waals surface area contributed by atoms with Crippen LogP contribution in [0.4, 0.5) is 26.3 Å². The minimum Gasteiger partial charge on any atom is -0.475 e. The third kappa shape index (κ3) is 6.58. The van der Waals surface area contributed by atoms with E-state index >= 15 is 0 Å². The number of piperidine rings is 1. The summed E-state index contributed by atoms with van der Waals surface area (Å²) in [6.07, 6.45) is -5.98. The Kier molecular flexibility index (Phi) is 9.40. The molecule has 7 nitrogen and oxygen atoms in total. The van der Waals surface area contributed by atoms with E-state index in [1.54, 1.807) is 16.2 Å². The second-order valence-corrected chi connectivity index (χ2v) is 13.0. The van der Waals surface area contributed by atoms with Crippen molar-refractivity contribution in [3.8, 4) is 5.75 Å². The number of pyridine rings is 1. The standard InChI is InChI=1S/C32H34F6N4O3S/c1-4-6-26-30(45-23-9-7-22(8-10-23)31(33,34)35,29(44)41-16-12-21(18-41)27-19(2)40-20(3)46-27)13-5-15-42(26)28(43)24-17-39-14-11-25(24)32(36,37)38/h7-11,14,17,21,26H,4-6,12-13,15-16,18H2,1-3H3/t21?,26-,30+/m1/s1. The van der Waals surface area contributed by atoms with Crippen molar-refractivity contribution in [3.63, 3.8) is 0 Å². The highest BCUT2D eigenvalue weighted by Gasteiger charge is 2.56. The number of thiazole rings is 1. The van der Waals surface area contributed by atoms with Gasteiger partial charge in [0.15, 0.2) is 0 Å². The first kappa shape index (κ1) is 33.7. The molecule has 0 N–H and O–H groups in total. The smallest absolute Gasteiger partial charge is 0.417 e. The summed E-state index contributed by atoms with van der Waals surface area (Å²) in [5, 5.41) is 0.900. The predicted molar refractivity (Wildman–Crippen MR) is 159 cm³/mol. The minimum atomic E-state index is -4.83. The average Bonchev–Trinajstić information content (AvgIpc) is 3.62. The number of aromatic nitrogens is 2. The van der Waals surface area contributed by atoms with Crippen molar-refractivity contribution in [2.75, 3.05) is 19.6 Å². The summed E-state index contributed by atoms with van der Waals surface area (Å²) in [5.41, 5.74) is -3.58. The maximum Gasteiger partial charge on any atom is 0.417 e. The van der Waals surface area contributed by atoms with Gasteiger partial charge in [-0.15, -0.1) is 11.3 Å². The number of alkyl halides is 6. The highest BCUT2D eigenvalue weighted by Crippen LogP contribution is 2.42. The fourth-order valence-electron chi connectivity index (χ4n) is 6.65. The molecule has 14 heteroatoms. The van der Waals surface area contributed by atoms with Crippen molar-refractivity contribution in [2.45, 2.75) is 82.8 Å². The first-order chi connectivity index (χ1) is 21.7. The summed E-state index contributed by atoms with van der Waals surface area (Å²) >= 11 is 1.56. The number of amides is 2. The molecule has 3 aromatic rings. The number of aryl methyl sites for hydroxylation is 2. The lowest BCUT2D eigenvalue weighted by Gasteiger charge is -2.49. The van der Waals surface area contributed by atoms with Gasteiger partial charge in [0.25, 0.3) is 11.8 Å². The molecule has 2 fully saturated rings. The van der Waals surface area contributed by atoms with Crippen molar-refractivity contribution in [1.82, 2.24) is 19.8 Å². The fourth-order valence-corrected chi connectivity index (χ4v) is 7.70. The second-order valence-electron chi connectivity index (χ2n) is 11.8. The number of rotatable bonds is 7. The molecule has 0 aliphatic carbocycles. The zero-order valence-corrected chi connectivity index (χ0v) is 26.4. The SMILES string of the molecule is CCC[C@H]1N(C(=O)c2cnccc2C(F)(F)F)CCC[C@@]1(Oc1ccc(C(F)(F)F)cc1)C(=O)N1CCC(c2sc(C)nc2C)C1. The van der Waals surface area contributed by atoms with E-state index in [-0.39, 0.29) is 37.5 Å². The van der Waals surface area contributed by atoms with Crippen LogP contribution in [-0.4, -0.2) is 62.9 Å². The van der Waals surface area contributed by atoms with E-state index in [0.717, 1.165) is 58.3 Å². The third-order valence-electron chi connectivity index (χ3n) is 8.67. The number of likely N-dealkylation sites (tertiary alicyclic amines) is 2. The molecule has 4 heterocycles. The van der Waals surface area contributed by atoms with Crippen LogP contribution in [0.2, 0.25) is 0 Å². The Morgan fingerprint density at radius 1 is 1.04 bits per heavy atom. The highest BCUT2D eigenvalue weighted by molar-refractivity contribution is 7.11. The predicted octanol–water partition coefficient (Wildman–Crippen LogP) is 7.43. The highest BCUT2D eigenvalue weighted by atomic mass is 32.1. The summed E-state index contributed by atoms with van der Waals surface area (Å²) in [4.78, 5) is 40.9. The molecule has 0 spiro atoms. The summed E-state index contributed by atoms with van der Waals surface area (Å²) in [6, 6.07) is 3.67. The molecule has 0 radical (unpaired) electrons. The Hall–Kier alpha value is -3.68. The minimum absolute atomic E-state index is 0.00829. The van der Waals surface area contributed by atoms with Gasteiger partial charge in [0.1, 0.15) is 5.75 Å². The Morgan fingerprint density at radius 3 is 2.37 bits per heavy atom. The molecule has 2 saturated heterocycles. The van der Waals surface area contributed by atoms with Crippen LogP contribution in [0.3, 0.4) is 0 Å². The van der Waals surface area contributed by atoms with Crippen LogP contribution in [0.15, 0.2) is 42.7 Å². The molecule has 2 aromatic heterocycles. The van der Waals surface area contributed by atoms with Crippen LogP contribution >= 0.6 is 11.3 Å². The number of halogens is 6. The molecule has 2 amide bonds. The van der Waals surface area contributed by atoms with Crippen molar-refractivity contribution < 1.29 is 40.7 Å². The summed E-state index contributed by atoms with van der Waals surface area (Å²) in [7, 11) is 0. The molecule has 5 rings (SSSR count). The number of hydrogen-bond acceptors (Lipinski definition) is 6. The van der Waals surface area contributed by atoms with E-state index in [2.05, 4.69) is 9.97 Å². The van der Waals surface area contributed by atoms with Gasteiger partial charge < -0.3 is 14.5 Å². The van der Waals surface area contributed by atoms with Crippen molar-refractivity contribution in [2.24, 2.45) is 0 Å². The summed E-state index contributed by atoms with van der Waals surface area (Å²) in [5.74, 6) is -1.40. The zero-order valence-electron chi connectivity index (χ0n) is 25.5. The molecule has 2 aliphatic heterocycles. The van der Waals surface area contributed by atoms with Crippen molar-refractivity contribution in [3.05, 3.63) is 75.0 Å². The molecule has 3 atom stereocenters. The van der Waals surface area contributed by atoms with Gasteiger partial charge in [-0.3, -0.25) is 14.6 Å². The Bertz CT molecular complexity index is 1570. The molecule has 0 bridgehead atoms. The quantitative estimate of drug-likeness (QED) is 0.245. The van der Waals surface area contributed by atoms with Crippen LogP contribution in [-0.2, 0) is 17.1 Å². The van der Waals surface area contributed by atoms with E-state index in [0.29, 0.717) is 25.9 Å². The first-order valence-electron chi connectivity index (χ1n) is 15.1.